The van der Waals surface area contributed by atoms with E-state index in [0.29, 0.717) is 26.3 Å². The van der Waals surface area contributed by atoms with Crippen LogP contribution in [0.25, 0.3) is 0 Å². The molecule has 2 fully saturated rings. The molecule has 2 saturated heterocycles. The number of aliphatic hydroxyl groups excluding tert-OH is 2. The highest BCUT2D eigenvalue weighted by molar-refractivity contribution is 6.31. The topological polar surface area (TPSA) is 193 Å². The third kappa shape index (κ3) is 5.40. The zero-order chi connectivity index (χ0) is 31.5. The van der Waals surface area contributed by atoms with Gasteiger partial charge in [-0.05, 0) is 13.0 Å². The van der Waals surface area contributed by atoms with Crippen LogP contribution in [0.3, 0.4) is 0 Å². The summed E-state index contributed by atoms with van der Waals surface area (Å²) in [7, 11) is 1.34. The number of fused-ring (bicyclic) bond motifs is 3. The molecule has 2 aliphatic heterocycles. The molecule has 6 atom stereocenters. The Morgan fingerprint density at radius 2 is 1.78 bits per heavy atom. The van der Waals surface area contributed by atoms with Crippen molar-refractivity contribution in [1.82, 2.24) is 4.90 Å². The van der Waals surface area contributed by atoms with Gasteiger partial charge in [0.2, 0.25) is 5.78 Å². The molecule has 0 bridgehead atoms. The van der Waals surface area contributed by atoms with Gasteiger partial charge in [-0.25, -0.2) is 0 Å². The van der Waals surface area contributed by atoms with Gasteiger partial charge in [-0.2, -0.15) is 0 Å². The minimum atomic E-state index is -2.24. The van der Waals surface area contributed by atoms with E-state index in [1.165, 1.54) is 25.3 Å². The highest BCUT2D eigenvalue weighted by atomic mass is 35.5. The van der Waals surface area contributed by atoms with Gasteiger partial charge in [0, 0.05) is 55.1 Å². The molecule has 0 unspecified atom stereocenters. The summed E-state index contributed by atoms with van der Waals surface area (Å²) in [6, 6.07) is 4.04. The number of morpholine rings is 1. The summed E-state index contributed by atoms with van der Waals surface area (Å²) in [5.74, 6) is -3.68. The fourth-order valence-corrected chi connectivity index (χ4v) is 6.96. The molecule has 4 aliphatic rings. The van der Waals surface area contributed by atoms with E-state index in [4.69, 9.17) is 18.9 Å². The number of aromatic hydroxyl groups is 2. The Morgan fingerprint density at radius 1 is 1.09 bits per heavy atom. The van der Waals surface area contributed by atoms with Crippen molar-refractivity contribution in [3.8, 4) is 17.2 Å². The molecule has 0 radical (unpaired) electrons. The fourth-order valence-electron chi connectivity index (χ4n) is 6.96. The molecule has 0 spiro atoms. The number of hydrogen-bond donors (Lipinski definition) is 5. The second-order valence-electron chi connectivity index (χ2n) is 11.7. The number of Topliss-reactive ketones (excluding diaryl/α,β-unsaturated/α-hetero) is 1. The van der Waals surface area contributed by atoms with Crippen LogP contribution in [0.2, 0.25) is 0 Å². The highest BCUT2D eigenvalue weighted by Crippen LogP contribution is 2.52. The van der Waals surface area contributed by atoms with E-state index < -0.39 is 89.6 Å². The Balaban J connectivity index is 0.00000400. The van der Waals surface area contributed by atoms with Crippen LogP contribution in [0.15, 0.2) is 18.2 Å². The molecule has 244 valence electrons. The number of hydrogen-bond acceptors (Lipinski definition) is 13. The van der Waals surface area contributed by atoms with Crippen molar-refractivity contribution in [3.05, 3.63) is 51.6 Å². The van der Waals surface area contributed by atoms with Crippen LogP contribution in [0.5, 0.6) is 17.2 Å². The summed E-state index contributed by atoms with van der Waals surface area (Å²) in [5.41, 5.74) is -3.52. The predicted octanol–water partition coefficient (Wildman–Crippen LogP) is 0.797. The minimum Gasteiger partial charge on any atom is -0.507 e. The molecule has 13 nitrogen and oxygen atoms in total. The average molecular weight is 650 g/mol. The molecule has 0 amide bonds. The van der Waals surface area contributed by atoms with Crippen molar-refractivity contribution in [2.45, 2.75) is 62.4 Å². The van der Waals surface area contributed by atoms with Crippen molar-refractivity contribution < 1.29 is 58.9 Å². The molecule has 2 aromatic carbocycles. The number of nitrogens with zero attached hydrogens (tertiary/aromatic N) is 1. The molecule has 6 rings (SSSR count). The molecule has 0 saturated carbocycles. The first-order valence-electron chi connectivity index (χ1n) is 14.5. The largest absolute Gasteiger partial charge is 0.507 e. The van der Waals surface area contributed by atoms with E-state index >= 15 is 0 Å². The number of ketones is 3. The Kier molecular flexibility index (Phi) is 9.28. The van der Waals surface area contributed by atoms with Crippen molar-refractivity contribution in [2.24, 2.45) is 0 Å². The molecule has 45 heavy (non-hydrogen) atoms. The van der Waals surface area contributed by atoms with Gasteiger partial charge in [-0.15, -0.1) is 12.4 Å². The lowest BCUT2D eigenvalue weighted by atomic mass is 9.72. The highest BCUT2D eigenvalue weighted by Gasteiger charge is 2.50. The summed E-state index contributed by atoms with van der Waals surface area (Å²) >= 11 is 0. The Hall–Kier alpha value is -3.14. The lowest BCUT2D eigenvalue weighted by Crippen LogP contribution is -2.58. The number of phenols is 2. The average Bonchev–Trinajstić information content (AvgIpc) is 3.02. The van der Waals surface area contributed by atoms with Gasteiger partial charge < -0.3 is 44.5 Å². The number of aliphatic hydroxyl groups is 3. The fraction of sp³-hybridized carbons (Fsp3) is 0.516. The van der Waals surface area contributed by atoms with Gasteiger partial charge in [0.25, 0.3) is 0 Å². The van der Waals surface area contributed by atoms with E-state index in [-0.39, 0.29) is 52.9 Å². The SMILES string of the molecule is COc1cccc2c1C(=O)c1c(O)c3c(c(O)c1C2=O)C[C@@](O)(C(=O)CO)C[C@@H]3O[C@@H]1C[C@H](N2CCOCC2)[C@H](O)[C@H](C)O1.Cl. The lowest BCUT2D eigenvalue weighted by Gasteiger charge is -2.46. The molecular weight excluding hydrogens is 614 g/mol. The Morgan fingerprint density at radius 3 is 2.44 bits per heavy atom. The second-order valence-corrected chi connectivity index (χ2v) is 11.7. The third-order valence-corrected chi connectivity index (χ3v) is 9.24. The number of rotatable bonds is 6. The summed E-state index contributed by atoms with van der Waals surface area (Å²) in [5, 5.41) is 55.2. The molecule has 2 heterocycles. The summed E-state index contributed by atoms with van der Waals surface area (Å²) in [6.07, 6.45) is -4.66. The van der Waals surface area contributed by atoms with Crippen LogP contribution in [0.1, 0.15) is 68.8 Å². The Bertz CT molecular complexity index is 1520. The van der Waals surface area contributed by atoms with E-state index in [0.717, 1.165) is 0 Å². The number of carbonyl (C=O) groups excluding carboxylic acids is 3. The molecule has 14 heteroatoms. The van der Waals surface area contributed by atoms with Gasteiger partial charge in [-0.1, -0.05) is 12.1 Å². The van der Waals surface area contributed by atoms with Crippen molar-refractivity contribution in [2.75, 3.05) is 40.0 Å². The summed E-state index contributed by atoms with van der Waals surface area (Å²) in [6.45, 7) is 2.83. The van der Waals surface area contributed by atoms with E-state index in [1.807, 2.05) is 0 Å². The van der Waals surface area contributed by atoms with Crippen LogP contribution in [-0.4, -0.2) is 118 Å². The smallest absolute Gasteiger partial charge is 0.202 e. The van der Waals surface area contributed by atoms with Crippen LogP contribution in [0.4, 0.5) is 0 Å². The van der Waals surface area contributed by atoms with Crippen LogP contribution >= 0.6 is 12.4 Å². The van der Waals surface area contributed by atoms with Gasteiger partial charge in [0.15, 0.2) is 17.9 Å². The van der Waals surface area contributed by atoms with Crippen molar-refractivity contribution >= 4 is 29.8 Å². The number of carbonyl (C=O) groups is 3. The van der Waals surface area contributed by atoms with E-state index in [9.17, 15) is 39.9 Å². The first-order chi connectivity index (χ1) is 21.0. The molecular formula is C31H36ClNO12. The van der Waals surface area contributed by atoms with Gasteiger partial charge in [0.05, 0.1) is 55.3 Å². The van der Waals surface area contributed by atoms with Crippen molar-refractivity contribution in [3.63, 3.8) is 0 Å². The molecule has 0 aromatic heterocycles. The maximum absolute atomic E-state index is 13.8. The maximum atomic E-state index is 13.8. The quantitative estimate of drug-likeness (QED) is 0.236. The summed E-state index contributed by atoms with van der Waals surface area (Å²) in [4.78, 5) is 42.3. The first kappa shape index (κ1) is 33.2. The number of methoxy groups -OCH3 is 1. The standard InChI is InChI=1S/C31H35NO12.ClH/c1-14-26(35)17(32-6-8-42-9-7-32)10-21(43-14)44-19-12-31(40,20(34)13-33)11-16-23(19)30(39)25-24(28(16)37)27(36)15-4-3-5-18(41-2)22(15)29(25)38;/h3-5,14,17,19,21,26,33,35,37,39-40H,6-13H2,1-2H3;1H/t14-,17-,19-,21+,26+,31-;/m0./s1. The monoisotopic (exact) mass is 649 g/mol. The van der Waals surface area contributed by atoms with Crippen LogP contribution in [-0.2, 0) is 25.4 Å². The summed E-state index contributed by atoms with van der Waals surface area (Å²) < 4.78 is 23.0. The number of ether oxygens (including phenoxy) is 4. The Labute approximate surface area is 264 Å². The minimum absolute atomic E-state index is 0. The van der Waals surface area contributed by atoms with Gasteiger partial charge in [0.1, 0.15) is 29.5 Å². The van der Waals surface area contributed by atoms with Gasteiger partial charge >= 0.3 is 0 Å². The van der Waals surface area contributed by atoms with Crippen LogP contribution < -0.4 is 4.74 Å². The van der Waals surface area contributed by atoms with Crippen LogP contribution in [0, 0.1) is 0 Å². The molecule has 2 aliphatic carbocycles. The molecule has 5 N–H and O–H groups in total. The number of benzene rings is 2. The second kappa shape index (κ2) is 12.6. The normalized spacial score (nSPS) is 29.7. The number of halogens is 1. The maximum Gasteiger partial charge on any atom is 0.202 e. The number of phenolic OH excluding ortho intramolecular Hbond substituents is 2. The third-order valence-electron chi connectivity index (χ3n) is 9.24. The molecule has 2 aromatic rings. The zero-order valence-corrected chi connectivity index (χ0v) is 25.5. The van der Waals surface area contributed by atoms with E-state index in [2.05, 4.69) is 4.90 Å². The predicted molar refractivity (Wildman–Crippen MR) is 157 cm³/mol. The van der Waals surface area contributed by atoms with E-state index in [1.54, 1.807) is 6.92 Å². The van der Waals surface area contributed by atoms with Gasteiger partial charge in [-0.3, -0.25) is 19.3 Å². The zero-order valence-electron chi connectivity index (χ0n) is 24.7. The first-order valence-corrected chi connectivity index (χ1v) is 14.5. The lowest BCUT2D eigenvalue weighted by molar-refractivity contribution is -0.260. The van der Waals surface area contributed by atoms with Crippen molar-refractivity contribution in [1.29, 1.82) is 0 Å².